The van der Waals surface area contributed by atoms with Crippen LogP contribution in [-0.2, 0) is 6.42 Å². The van der Waals surface area contributed by atoms with E-state index in [1.54, 1.807) is 0 Å². The number of nitrogens with two attached hydrogens (primary N) is 1. The van der Waals surface area contributed by atoms with Crippen molar-refractivity contribution in [2.24, 2.45) is 5.73 Å². The summed E-state index contributed by atoms with van der Waals surface area (Å²) in [6, 6.07) is 10.2. The van der Waals surface area contributed by atoms with E-state index >= 15 is 0 Å². The molecule has 0 aromatic heterocycles. The Bertz CT molecular complexity index is 675. The van der Waals surface area contributed by atoms with E-state index in [0.29, 0.717) is 0 Å². The van der Waals surface area contributed by atoms with Gasteiger partial charge in [0.15, 0.2) is 0 Å². The van der Waals surface area contributed by atoms with Gasteiger partial charge in [-0.3, -0.25) is 0 Å². The lowest BCUT2D eigenvalue weighted by molar-refractivity contribution is 0.352. The molecule has 1 heterocycles. The summed E-state index contributed by atoms with van der Waals surface area (Å²) in [5.74, 6) is 0.955. The standard InChI is InChI=1S/C15H12Br2INO/c16-9-1-2-13(18)11(6-9)14(19)12-7-10(17)5-8-3-4-20-15(8)12/h1-2,5-7,14H,3-4,19H2. The molecule has 104 valence electrons. The Labute approximate surface area is 148 Å². The van der Waals surface area contributed by atoms with Crippen molar-refractivity contribution < 1.29 is 4.74 Å². The molecule has 1 atom stereocenters. The van der Waals surface area contributed by atoms with Gasteiger partial charge < -0.3 is 10.5 Å². The van der Waals surface area contributed by atoms with Crippen molar-refractivity contribution in [2.75, 3.05) is 6.61 Å². The highest BCUT2D eigenvalue weighted by molar-refractivity contribution is 14.1. The largest absolute Gasteiger partial charge is 0.493 e. The Hall–Kier alpha value is -0.110. The van der Waals surface area contributed by atoms with E-state index in [2.05, 4.69) is 78.7 Å². The molecule has 0 aliphatic carbocycles. The molecule has 1 aliphatic rings. The predicted molar refractivity (Wildman–Crippen MR) is 96.2 cm³/mol. The van der Waals surface area contributed by atoms with E-state index in [-0.39, 0.29) is 6.04 Å². The molecule has 2 aromatic carbocycles. The third-order valence-corrected chi connectivity index (χ3v) is 5.34. The Balaban J connectivity index is 2.11. The van der Waals surface area contributed by atoms with Gasteiger partial charge >= 0.3 is 0 Å². The average Bonchev–Trinajstić information content (AvgIpc) is 2.87. The number of rotatable bonds is 2. The minimum absolute atomic E-state index is 0.191. The lowest BCUT2D eigenvalue weighted by Crippen LogP contribution is -2.14. The summed E-state index contributed by atoms with van der Waals surface area (Å²) in [4.78, 5) is 0. The number of halogens is 3. The fraction of sp³-hybridized carbons (Fsp3) is 0.200. The van der Waals surface area contributed by atoms with E-state index in [0.717, 1.165) is 42.4 Å². The quantitative estimate of drug-likeness (QED) is 0.592. The Kier molecular flexibility index (Phi) is 4.40. The van der Waals surface area contributed by atoms with Crippen LogP contribution in [0.4, 0.5) is 0 Å². The zero-order chi connectivity index (χ0) is 14.3. The van der Waals surface area contributed by atoms with E-state index in [1.165, 1.54) is 5.56 Å². The van der Waals surface area contributed by atoms with E-state index < -0.39 is 0 Å². The highest BCUT2D eigenvalue weighted by Gasteiger charge is 2.23. The molecule has 2 nitrogen and oxygen atoms in total. The van der Waals surface area contributed by atoms with Gasteiger partial charge in [-0.25, -0.2) is 0 Å². The van der Waals surface area contributed by atoms with Crippen LogP contribution < -0.4 is 10.5 Å². The van der Waals surface area contributed by atoms with E-state index in [9.17, 15) is 0 Å². The zero-order valence-corrected chi connectivity index (χ0v) is 15.8. The topological polar surface area (TPSA) is 35.2 Å². The summed E-state index contributed by atoms with van der Waals surface area (Å²) >= 11 is 9.40. The Morgan fingerprint density at radius 2 is 1.85 bits per heavy atom. The van der Waals surface area contributed by atoms with Crippen molar-refractivity contribution >= 4 is 54.5 Å². The first-order chi connectivity index (χ1) is 9.56. The van der Waals surface area contributed by atoms with Gasteiger partial charge in [0, 0.05) is 24.5 Å². The van der Waals surface area contributed by atoms with Gasteiger partial charge in [-0.15, -0.1) is 0 Å². The second-order valence-electron chi connectivity index (χ2n) is 4.73. The van der Waals surface area contributed by atoms with Gasteiger partial charge in [0.2, 0.25) is 0 Å². The van der Waals surface area contributed by atoms with Crippen LogP contribution in [0.25, 0.3) is 0 Å². The van der Waals surface area contributed by atoms with Gasteiger partial charge in [0.25, 0.3) is 0 Å². The summed E-state index contributed by atoms with van der Waals surface area (Å²) in [7, 11) is 0. The maximum Gasteiger partial charge on any atom is 0.127 e. The smallest absolute Gasteiger partial charge is 0.127 e. The minimum Gasteiger partial charge on any atom is -0.493 e. The van der Waals surface area contributed by atoms with Gasteiger partial charge in [-0.2, -0.15) is 0 Å². The molecule has 2 aromatic rings. The van der Waals surface area contributed by atoms with Crippen LogP contribution in [0.1, 0.15) is 22.7 Å². The lowest BCUT2D eigenvalue weighted by Gasteiger charge is -2.18. The fourth-order valence-corrected chi connectivity index (χ4v) is 4.02. The summed E-state index contributed by atoms with van der Waals surface area (Å²) < 4.78 is 9.03. The molecule has 3 rings (SSSR count). The van der Waals surface area contributed by atoms with Crippen molar-refractivity contribution in [3.8, 4) is 5.75 Å². The number of fused-ring (bicyclic) bond motifs is 1. The second kappa shape index (κ2) is 5.94. The second-order valence-corrected chi connectivity index (χ2v) is 7.72. The molecule has 0 spiro atoms. The van der Waals surface area contributed by atoms with Crippen molar-refractivity contribution in [2.45, 2.75) is 12.5 Å². The van der Waals surface area contributed by atoms with Crippen LogP contribution in [0, 0.1) is 3.57 Å². The van der Waals surface area contributed by atoms with Crippen LogP contribution in [0.15, 0.2) is 39.3 Å². The molecule has 0 bridgehead atoms. The molecule has 0 amide bonds. The maximum atomic E-state index is 6.50. The lowest BCUT2D eigenvalue weighted by atomic mass is 9.97. The van der Waals surface area contributed by atoms with Gasteiger partial charge in [0.1, 0.15) is 5.75 Å². The van der Waals surface area contributed by atoms with Crippen LogP contribution >= 0.6 is 54.5 Å². The zero-order valence-electron chi connectivity index (χ0n) is 10.5. The van der Waals surface area contributed by atoms with Crippen LogP contribution in [0.2, 0.25) is 0 Å². The number of hydrogen-bond acceptors (Lipinski definition) is 2. The monoisotopic (exact) mass is 507 g/mol. The highest BCUT2D eigenvalue weighted by Crippen LogP contribution is 2.39. The van der Waals surface area contributed by atoms with E-state index in [4.69, 9.17) is 10.5 Å². The summed E-state index contributed by atoms with van der Waals surface area (Å²) in [5.41, 5.74) is 9.88. The third kappa shape index (κ3) is 2.77. The summed E-state index contributed by atoms with van der Waals surface area (Å²) in [6.45, 7) is 0.737. The van der Waals surface area contributed by atoms with Crippen molar-refractivity contribution in [3.05, 3.63) is 59.5 Å². The molecule has 20 heavy (non-hydrogen) atoms. The predicted octanol–water partition coefficient (Wildman–Crippen LogP) is 4.80. The minimum atomic E-state index is -0.191. The molecular formula is C15H12Br2INO. The van der Waals surface area contributed by atoms with Crippen LogP contribution in [-0.4, -0.2) is 6.61 Å². The SMILES string of the molecule is NC(c1cc(Br)ccc1I)c1cc(Br)cc2c1OCC2. The van der Waals surface area contributed by atoms with Gasteiger partial charge in [-0.05, 0) is 64.0 Å². The maximum absolute atomic E-state index is 6.50. The first-order valence-electron chi connectivity index (χ1n) is 6.22. The number of ether oxygens (including phenoxy) is 1. The van der Waals surface area contributed by atoms with Gasteiger partial charge in [0.05, 0.1) is 12.6 Å². The van der Waals surface area contributed by atoms with Crippen molar-refractivity contribution in [3.63, 3.8) is 0 Å². The van der Waals surface area contributed by atoms with Crippen molar-refractivity contribution in [1.82, 2.24) is 0 Å². The Morgan fingerprint density at radius 3 is 2.65 bits per heavy atom. The first kappa shape index (κ1) is 14.8. The van der Waals surface area contributed by atoms with Crippen LogP contribution in [0.3, 0.4) is 0 Å². The molecule has 1 unspecified atom stereocenters. The summed E-state index contributed by atoms with van der Waals surface area (Å²) in [5, 5.41) is 0. The van der Waals surface area contributed by atoms with Crippen molar-refractivity contribution in [1.29, 1.82) is 0 Å². The average molecular weight is 509 g/mol. The molecular weight excluding hydrogens is 497 g/mol. The highest BCUT2D eigenvalue weighted by atomic mass is 127. The van der Waals surface area contributed by atoms with E-state index in [1.807, 2.05) is 6.07 Å². The fourth-order valence-electron chi connectivity index (χ4n) is 2.45. The van der Waals surface area contributed by atoms with Gasteiger partial charge in [-0.1, -0.05) is 31.9 Å². The Morgan fingerprint density at radius 1 is 1.10 bits per heavy atom. The molecule has 0 saturated heterocycles. The molecule has 5 heteroatoms. The number of hydrogen-bond donors (Lipinski definition) is 1. The first-order valence-corrected chi connectivity index (χ1v) is 8.88. The normalized spacial score (nSPS) is 14.8. The molecule has 0 saturated carbocycles. The molecule has 1 aliphatic heterocycles. The third-order valence-electron chi connectivity index (χ3n) is 3.41. The molecule has 0 fully saturated rings. The summed E-state index contributed by atoms with van der Waals surface area (Å²) in [6.07, 6.45) is 0.948. The molecule has 0 radical (unpaired) electrons. The van der Waals surface area contributed by atoms with Crippen LogP contribution in [0.5, 0.6) is 5.75 Å². The molecule has 2 N–H and O–H groups in total. The number of benzene rings is 2.